The second-order valence-corrected chi connectivity index (χ2v) is 5.83. The van der Waals surface area contributed by atoms with Crippen molar-refractivity contribution in [1.82, 2.24) is 25.3 Å². The second kappa shape index (κ2) is 8.41. The fourth-order valence-electron chi connectivity index (χ4n) is 2.75. The van der Waals surface area contributed by atoms with E-state index in [9.17, 15) is 4.79 Å². The Labute approximate surface area is 151 Å². The molecule has 26 heavy (non-hydrogen) atoms. The number of β-amino-alcohol motifs (C(OH)–C–C–N with tert-alkyl or cyclic N) is 1. The Morgan fingerprint density at radius 1 is 1.27 bits per heavy atom. The Bertz CT molecular complexity index is 734. The minimum atomic E-state index is -0.338. The standard InChI is InChI=1S/C16H22N8O2/c17-13-14(21-22-16(26)12-2-1-3-18-10-12)19-11-20-15(13)24-6-4-23(5-7-24)8-9-25/h1-3,10-11,25H,4-9,17H2,(H,22,26)(H,19,20,21). The van der Waals surface area contributed by atoms with Crippen LogP contribution >= 0.6 is 0 Å². The topological polar surface area (TPSA) is 133 Å². The molecule has 1 fully saturated rings. The van der Waals surface area contributed by atoms with Crippen LogP contribution in [0.2, 0.25) is 0 Å². The van der Waals surface area contributed by atoms with E-state index in [1.807, 2.05) is 0 Å². The molecule has 10 nitrogen and oxygen atoms in total. The molecular weight excluding hydrogens is 336 g/mol. The highest BCUT2D eigenvalue weighted by Crippen LogP contribution is 2.26. The molecule has 5 N–H and O–H groups in total. The fraction of sp³-hybridized carbons (Fsp3) is 0.375. The van der Waals surface area contributed by atoms with Crippen LogP contribution in [0.15, 0.2) is 30.9 Å². The molecule has 0 saturated carbocycles. The molecule has 2 aromatic rings. The lowest BCUT2D eigenvalue weighted by atomic mass is 10.3. The predicted octanol–water partition coefficient (Wildman–Crippen LogP) is -0.675. The number of hydrogen-bond donors (Lipinski definition) is 4. The van der Waals surface area contributed by atoms with Gasteiger partial charge in [0.25, 0.3) is 5.91 Å². The van der Waals surface area contributed by atoms with E-state index in [1.54, 1.807) is 18.3 Å². The molecule has 0 aliphatic carbocycles. The Balaban J connectivity index is 1.63. The molecule has 2 aromatic heterocycles. The number of hydrazine groups is 1. The van der Waals surface area contributed by atoms with Crippen molar-refractivity contribution in [3.05, 3.63) is 36.4 Å². The molecule has 138 valence electrons. The zero-order valence-corrected chi connectivity index (χ0v) is 14.3. The van der Waals surface area contributed by atoms with Crippen LogP contribution in [0.4, 0.5) is 17.3 Å². The quantitative estimate of drug-likeness (QED) is 0.496. The van der Waals surface area contributed by atoms with Crippen molar-refractivity contribution in [2.45, 2.75) is 0 Å². The van der Waals surface area contributed by atoms with Gasteiger partial charge in [-0.3, -0.25) is 25.5 Å². The lowest BCUT2D eigenvalue weighted by Crippen LogP contribution is -2.47. The summed E-state index contributed by atoms with van der Waals surface area (Å²) in [6, 6.07) is 3.34. The number of aromatic nitrogens is 3. The largest absolute Gasteiger partial charge is 0.395 e. The molecule has 1 aliphatic heterocycles. The number of piperazine rings is 1. The minimum Gasteiger partial charge on any atom is -0.395 e. The second-order valence-electron chi connectivity index (χ2n) is 5.83. The number of carbonyl (C=O) groups excluding carboxylic acids is 1. The summed E-state index contributed by atoms with van der Waals surface area (Å²) in [6.07, 6.45) is 4.47. The Kier molecular flexibility index (Phi) is 5.77. The highest BCUT2D eigenvalue weighted by Gasteiger charge is 2.21. The Morgan fingerprint density at radius 2 is 2.08 bits per heavy atom. The molecule has 1 saturated heterocycles. The first-order valence-corrected chi connectivity index (χ1v) is 8.34. The van der Waals surface area contributed by atoms with E-state index < -0.39 is 0 Å². The number of aliphatic hydroxyl groups is 1. The molecule has 3 heterocycles. The summed E-state index contributed by atoms with van der Waals surface area (Å²) < 4.78 is 0. The molecule has 0 unspecified atom stereocenters. The van der Waals surface area contributed by atoms with Crippen LogP contribution in [0.1, 0.15) is 10.4 Å². The van der Waals surface area contributed by atoms with E-state index in [4.69, 9.17) is 10.8 Å². The summed E-state index contributed by atoms with van der Waals surface area (Å²) in [5.41, 5.74) is 12.3. The molecule has 0 radical (unpaired) electrons. The van der Waals surface area contributed by atoms with Gasteiger partial charge in [-0.1, -0.05) is 0 Å². The van der Waals surface area contributed by atoms with Gasteiger partial charge in [-0.25, -0.2) is 9.97 Å². The molecular formula is C16H22N8O2. The highest BCUT2D eigenvalue weighted by atomic mass is 16.3. The first-order chi connectivity index (χ1) is 12.7. The molecule has 0 bridgehead atoms. The van der Waals surface area contributed by atoms with Crippen molar-refractivity contribution in [1.29, 1.82) is 0 Å². The van der Waals surface area contributed by atoms with Crippen molar-refractivity contribution in [3.8, 4) is 0 Å². The molecule has 0 spiro atoms. The summed E-state index contributed by atoms with van der Waals surface area (Å²) in [7, 11) is 0. The van der Waals surface area contributed by atoms with E-state index in [1.165, 1.54) is 12.5 Å². The Morgan fingerprint density at radius 3 is 2.77 bits per heavy atom. The van der Waals surface area contributed by atoms with Gasteiger partial charge in [0.2, 0.25) is 0 Å². The first kappa shape index (κ1) is 17.8. The van der Waals surface area contributed by atoms with Gasteiger partial charge in [-0.15, -0.1) is 0 Å². The van der Waals surface area contributed by atoms with Crippen LogP contribution in [0, 0.1) is 0 Å². The van der Waals surface area contributed by atoms with Crippen LogP contribution in [0.3, 0.4) is 0 Å². The number of nitrogens with one attached hydrogen (secondary N) is 2. The normalized spacial score (nSPS) is 14.9. The summed E-state index contributed by atoms with van der Waals surface area (Å²) in [5.74, 6) is 0.627. The van der Waals surface area contributed by atoms with Gasteiger partial charge in [-0.05, 0) is 12.1 Å². The average molecular weight is 358 g/mol. The molecule has 1 amide bonds. The number of anilines is 3. The van der Waals surface area contributed by atoms with Gasteiger partial charge >= 0.3 is 0 Å². The number of amides is 1. The molecule has 0 atom stereocenters. The zero-order valence-electron chi connectivity index (χ0n) is 14.3. The van der Waals surface area contributed by atoms with E-state index in [2.05, 4.69) is 35.6 Å². The smallest absolute Gasteiger partial charge is 0.271 e. The summed E-state index contributed by atoms with van der Waals surface area (Å²) in [4.78, 5) is 28.6. The van der Waals surface area contributed by atoms with E-state index >= 15 is 0 Å². The fourth-order valence-corrected chi connectivity index (χ4v) is 2.75. The maximum absolute atomic E-state index is 12.1. The van der Waals surface area contributed by atoms with Gasteiger partial charge < -0.3 is 15.7 Å². The average Bonchev–Trinajstić information content (AvgIpc) is 2.69. The van der Waals surface area contributed by atoms with Gasteiger partial charge in [0.1, 0.15) is 12.0 Å². The SMILES string of the molecule is Nc1c(NNC(=O)c2cccnc2)ncnc1N1CCN(CCO)CC1. The van der Waals surface area contributed by atoms with Crippen molar-refractivity contribution in [2.24, 2.45) is 0 Å². The van der Waals surface area contributed by atoms with Crippen molar-refractivity contribution >= 4 is 23.2 Å². The predicted molar refractivity (Wildman–Crippen MR) is 97.5 cm³/mol. The maximum Gasteiger partial charge on any atom is 0.271 e. The van der Waals surface area contributed by atoms with Crippen LogP contribution in [-0.4, -0.2) is 70.2 Å². The third kappa shape index (κ3) is 4.16. The summed E-state index contributed by atoms with van der Waals surface area (Å²) in [5, 5.41) is 9.03. The number of nitrogens with zero attached hydrogens (tertiary/aromatic N) is 5. The van der Waals surface area contributed by atoms with Crippen molar-refractivity contribution in [3.63, 3.8) is 0 Å². The van der Waals surface area contributed by atoms with Gasteiger partial charge in [0.05, 0.1) is 12.2 Å². The third-order valence-corrected chi connectivity index (χ3v) is 4.17. The minimum absolute atomic E-state index is 0.153. The molecule has 1 aliphatic rings. The number of carbonyl (C=O) groups is 1. The van der Waals surface area contributed by atoms with E-state index in [-0.39, 0.29) is 12.5 Å². The molecule has 10 heteroatoms. The number of nitrogens with two attached hydrogens (primary N) is 1. The highest BCUT2D eigenvalue weighted by molar-refractivity contribution is 5.94. The summed E-state index contributed by atoms with van der Waals surface area (Å²) >= 11 is 0. The zero-order chi connectivity index (χ0) is 18.4. The Hall–Kier alpha value is -2.98. The molecule has 0 aromatic carbocycles. The maximum atomic E-state index is 12.1. The van der Waals surface area contributed by atoms with E-state index in [0.717, 1.165) is 26.2 Å². The number of hydrogen-bond acceptors (Lipinski definition) is 9. The first-order valence-electron chi connectivity index (χ1n) is 8.34. The van der Waals surface area contributed by atoms with Crippen LogP contribution in [0.25, 0.3) is 0 Å². The number of nitrogen functional groups attached to an aromatic ring is 1. The lowest BCUT2D eigenvalue weighted by Gasteiger charge is -2.35. The number of pyridine rings is 1. The lowest BCUT2D eigenvalue weighted by molar-refractivity contribution is 0.0962. The molecule has 3 rings (SSSR count). The van der Waals surface area contributed by atoms with Crippen LogP contribution < -0.4 is 21.5 Å². The van der Waals surface area contributed by atoms with Crippen LogP contribution in [-0.2, 0) is 0 Å². The third-order valence-electron chi connectivity index (χ3n) is 4.17. The van der Waals surface area contributed by atoms with Gasteiger partial charge in [0.15, 0.2) is 11.6 Å². The van der Waals surface area contributed by atoms with Gasteiger partial charge in [0, 0.05) is 45.1 Å². The summed E-state index contributed by atoms with van der Waals surface area (Å²) in [6.45, 7) is 3.97. The number of rotatable bonds is 6. The van der Waals surface area contributed by atoms with Crippen LogP contribution in [0.5, 0.6) is 0 Å². The van der Waals surface area contributed by atoms with E-state index in [0.29, 0.717) is 29.4 Å². The monoisotopic (exact) mass is 358 g/mol. The number of aliphatic hydroxyl groups excluding tert-OH is 1. The van der Waals surface area contributed by atoms with Crippen molar-refractivity contribution in [2.75, 3.05) is 55.4 Å². The van der Waals surface area contributed by atoms with Crippen molar-refractivity contribution < 1.29 is 9.90 Å². The van der Waals surface area contributed by atoms with Gasteiger partial charge in [-0.2, -0.15) is 0 Å².